The zero-order chi connectivity index (χ0) is 12.5. The average Bonchev–Trinajstić information content (AvgIpc) is 2.27. The number of anilines is 2. The lowest BCUT2D eigenvalue weighted by atomic mass is 10.1. The number of aromatic nitrogens is 1. The molecular weight excluding hydrogens is 218 g/mol. The second-order valence-corrected chi connectivity index (χ2v) is 4.98. The van der Waals surface area contributed by atoms with Crippen molar-refractivity contribution in [3.63, 3.8) is 0 Å². The summed E-state index contributed by atoms with van der Waals surface area (Å²) in [5.41, 5.74) is 6.26. The van der Waals surface area contributed by atoms with Gasteiger partial charge in [-0.3, -0.25) is 0 Å². The number of pyridine rings is 1. The molecule has 5 nitrogen and oxygen atoms in total. The maximum atomic E-state index is 9.25. The number of aliphatic hydroxyl groups is 1. The van der Waals surface area contributed by atoms with E-state index in [1.807, 2.05) is 26.0 Å². The fourth-order valence-electron chi connectivity index (χ4n) is 2.23. The molecule has 1 aromatic rings. The first-order valence-electron chi connectivity index (χ1n) is 5.76. The maximum Gasteiger partial charge on any atom is 0.151 e. The molecule has 0 aliphatic carbocycles. The molecule has 94 valence electrons. The molecule has 0 bridgehead atoms. The molecule has 1 unspecified atom stereocenters. The van der Waals surface area contributed by atoms with Gasteiger partial charge in [-0.05, 0) is 26.0 Å². The minimum atomic E-state index is -0.310. The lowest BCUT2D eigenvalue weighted by Gasteiger charge is -2.43. The summed E-state index contributed by atoms with van der Waals surface area (Å²) >= 11 is 0. The Morgan fingerprint density at radius 3 is 3.06 bits per heavy atom. The molecular formula is C12H19N3O2. The van der Waals surface area contributed by atoms with Gasteiger partial charge in [0.25, 0.3) is 0 Å². The highest BCUT2D eigenvalue weighted by Crippen LogP contribution is 2.27. The Balaban J connectivity index is 2.24. The smallest absolute Gasteiger partial charge is 0.151 e. The van der Waals surface area contributed by atoms with Gasteiger partial charge in [0.1, 0.15) is 0 Å². The van der Waals surface area contributed by atoms with Crippen molar-refractivity contribution >= 4 is 11.5 Å². The summed E-state index contributed by atoms with van der Waals surface area (Å²) < 4.78 is 5.75. The molecule has 1 aliphatic heterocycles. The molecule has 0 spiro atoms. The van der Waals surface area contributed by atoms with E-state index in [1.165, 1.54) is 0 Å². The number of nitrogen functional groups attached to an aromatic ring is 1. The predicted octanol–water partition coefficient (Wildman–Crippen LogP) is 0.640. The molecule has 1 fully saturated rings. The Kier molecular flexibility index (Phi) is 3.22. The highest BCUT2D eigenvalue weighted by Gasteiger charge is 2.34. The molecule has 1 atom stereocenters. The van der Waals surface area contributed by atoms with Crippen LogP contribution in [0.25, 0.3) is 0 Å². The number of hydrogen-bond acceptors (Lipinski definition) is 5. The van der Waals surface area contributed by atoms with Gasteiger partial charge in [-0.1, -0.05) is 0 Å². The molecule has 2 rings (SSSR count). The zero-order valence-corrected chi connectivity index (χ0v) is 10.3. The number of hydrogen-bond donors (Lipinski definition) is 2. The Hall–Kier alpha value is -1.33. The molecule has 1 aliphatic rings. The van der Waals surface area contributed by atoms with Crippen LogP contribution in [0.4, 0.5) is 11.5 Å². The summed E-state index contributed by atoms with van der Waals surface area (Å²) in [7, 11) is 0. The lowest BCUT2D eigenvalue weighted by molar-refractivity contribution is -0.101. The highest BCUT2D eigenvalue weighted by molar-refractivity contribution is 5.62. The van der Waals surface area contributed by atoms with E-state index >= 15 is 0 Å². The molecule has 17 heavy (non-hydrogen) atoms. The highest BCUT2D eigenvalue weighted by atomic mass is 16.5. The monoisotopic (exact) mass is 237 g/mol. The van der Waals surface area contributed by atoms with Crippen LogP contribution in [0.3, 0.4) is 0 Å². The van der Waals surface area contributed by atoms with Gasteiger partial charge in [0.05, 0.1) is 24.0 Å². The van der Waals surface area contributed by atoms with Crippen LogP contribution in [0.1, 0.15) is 13.8 Å². The van der Waals surface area contributed by atoms with Gasteiger partial charge in [-0.2, -0.15) is 0 Å². The third-order valence-electron chi connectivity index (χ3n) is 2.80. The van der Waals surface area contributed by atoms with E-state index in [-0.39, 0.29) is 18.3 Å². The van der Waals surface area contributed by atoms with Gasteiger partial charge < -0.3 is 20.5 Å². The maximum absolute atomic E-state index is 9.25. The van der Waals surface area contributed by atoms with E-state index in [9.17, 15) is 5.11 Å². The van der Waals surface area contributed by atoms with Crippen LogP contribution >= 0.6 is 0 Å². The van der Waals surface area contributed by atoms with Gasteiger partial charge in [-0.25, -0.2) is 4.98 Å². The van der Waals surface area contributed by atoms with Crippen LogP contribution in [0.15, 0.2) is 18.3 Å². The molecule has 0 radical (unpaired) electrons. The van der Waals surface area contributed by atoms with Gasteiger partial charge in [0, 0.05) is 19.3 Å². The summed E-state index contributed by atoms with van der Waals surface area (Å²) in [6, 6.07) is 3.65. The number of rotatable bonds is 2. The first-order valence-corrected chi connectivity index (χ1v) is 5.76. The lowest BCUT2D eigenvalue weighted by Crippen LogP contribution is -2.54. The van der Waals surface area contributed by atoms with E-state index in [0.29, 0.717) is 18.8 Å². The van der Waals surface area contributed by atoms with Gasteiger partial charge >= 0.3 is 0 Å². The molecule has 5 heteroatoms. The molecule has 3 N–H and O–H groups in total. The van der Waals surface area contributed by atoms with Crippen molar-refractivity contribution in [2.75, 3.05) is 30.3 Å². The van der Waals surface area contributed by atoms with E-state index in [2.05, 4.69) is 9.88 Å². The van der Waals surface area contributed by atoms with Crippen LogP contribution in [-0.2, 0) is 4.74 Å². The van der Waals surface area contributed by atoms with Crippen molar-refractivity contribution < 1.29 is 9.84 Å². The second-order valence-electron chi connectivity index (χ2n) is 4.98. The van der Waals surface area contributed by atoms with E-state index < -0.39 is 0 Å². The molecule has 0 aromatic carbocycles. The standard InChI is InChI=1S/C12H19N3O2/c1-12(2)8-15(6-9(7-16)17-12)11-10(13)4-3-5-14-11/h3-5,9,16H,6-8,13H2,1-2H3. The normalized spacial score (nSPS) is 23.7. The van der Waals surface area contributed by atoms with Crippen molar-refractivity contribution in [1.29, 1.82) is 0 Å². The van der Waals surface area contributed by atoms with E-state index in [4.69, 9.17) is 10.5 Å². The first-order chi connectivity index (χ1) is 8.02. The minimum absolute atomic E-state index is 0.00662. The third kappa shape index (κ3) is 2.68. The summed E-state index contributed by atoms with van der Waals surface area (Å²) in [5, 5.41) is 9.25. The molecule has 0 saturated carbocycles. The predicted molar refractivity (Wildman–Crippen MR) is 66.9 cm³/mol. The quantitative estimate of drug-likeness (QED) is 0.790. The van der Waals surface area contributed by atoms with Crippen molar-refractivity contribution in [1.82, 2.24) is 4.98 Å². The van der Waals surface area contributed by atoms with Crippen LogP contribution in [0.2, 0.25) is 0 Å². The topological polar surface area (TPSA) is 71.6 Å². The summed E-state index contributed by atoms with van der Waals surface area (Å²) in [6.45, 7) is 5.33. The Morgan fingerprint density at radius 1 is 1.65 bits per heavy atom. The van der Waals surface area contributed by atoms with Crippen molar-refractivity contribution in [2.45, 2.75) is 25.6 Å². The van der Waals surface area contributed by atoms with Crippen molar-refractivity contribution in [3.05, 3.63) is 18.3 Å². The molecule has 1 aromatic heterocycles. The summed E-state index contributed by atoms with van der Waals surface area (Å²) in [6.07, 6.45) is 1.53. The van der Waals surface area contributed by atoms with Crippen LogP contribution < -0.4 is 10.6 Å². The molecule has 0 amide bonds. The van der Waals surface area contributed by atoms with E-state index in [0.717, 1.165) is 5.82 Å². The second kappa shape index (κ2) is 4.50. The fourth-order valence-corrected chi connectivity index (χ4v) is 2.23. The first kappa shape index (κ1) is 12.1. The number of aliphatic hydroxyl groups excluding tert-OH is 1. The number of morpholine rings is 1. The largest absolute Gasteiger partial charge is 0.396 e. The van der Waals surface area contributed by atoms with Crippen molar-refractivity contribution in [3.8, 4) is 0 Å². The van der Waals surface area contributed by atoms with Crippen LogP contribution in [0, 0.1) is 0 Å². The average molecular weight is 237 g/mol. The number of ether oxygens (including phenoxy) is 1. The van der Waals surface area contributed by atoms with Gasteiger partial charge in [0.15, 0.2) is 5.82 Å². The minimum Gasteiger partial charge on any atom is -0.396 e. The molecule has 2 heterocycles. The fraction of sp³-hybridized carbons (Fsp3) is 0.583. The number of nitrogens with two attached hydrogens (primary N) is 1. The van der Waals surface area contributed by atoms with Gasteiger partial charge in [0.2, 0.25) is 0 Å². The Bertz CT molecular complexity index is 395. The zero-order valence-electron chi connectivity index (χ0n) is 10.3. The van der Waals surface area contributed by atoms with Crippen LogP contribution in [-0.4, -0.2) is 41.5 Å². The number of nitrogens with zero attached hydrogens (tertiary/aromatic N) is 2. The third-order valence-corrected chi connectivity index (χ3v) is 2.80. The van der Waals surface area contributed by atoms with Crippen molar-refractivity contribution in [2.24, 2.45) is 0 Å². The Labute approximate surface area is 101 Å². The molecule has 1 saturated heterocycles. The van der Waals surface area contributed by atoms with Gasteiger partial charge in [-0.15, -0.1) is 0 Å². The van der Waals surface area contributed by atoms with Crippen LogP contribution in [0.5, 0.6) is 0 Å². The summed E-state index contributed by atoms with van der Waals surface area (Å²) in [5.74, 6) is 0.766. The SMILES string of the molecule is CC1(C)CN(c2ncccc2N)CC(CO)O1. The summed E-state index contributed by atoms with van der Waals surface area (Å²) in [4.78, 5) is 6.37. The Morgan fingerprint density at radius 2 is 2.41 bits per heavy atom. The van der Waals surface area contributed by atoms with E-state index in [1.54, 1.807) is 6.20 Å².